The molecule has 1 aliphatic rings. The minimum absolute atomic E-state index is 0.243. The second-order valence-electron chi connectivity index (χ2n) is 5.55. The average molecular weight is 306 g/mol. The maximum atomic E-state index is 9.78. The van der Waals surface area contributed by atoms with Crippen LogP contribution in [0.1, 0.15) is 58.3 Å². The first-order valence-electron chi connectivity index (χ1n) is 7.94. The summed E-state index contributed by atoms with van der Waals surface area (Å²) in [6.07, 6.45) is 7.78. The molecule has 1 aliphatic heterocycles. The van der Waals surface area contributed by atoms with Gasteiger partial charge in [0.2, 0.25) is 0 Å². The molecular formula is C15H30O4S. The Morgan fingerprint density at radius 2 is 1.50 bits per heavy atom. The van der Waals surface area contributed by atoms with E-state index in [9.17, 15) is 10.2 Å². The van der Waals surface area contributed by atoms with Gasteiger partial charge in [-0.15, -0.1) is 11.8 Å². The summed E-state index contributed by atoms with van der Waals surface area (Å²) in [4.78, 5) is 0. The summed E-state index contributed by atoms with van der Waals surface area (Å²) in [7, 11) is 0. The molecular weight excluding hydrogens is 276 g/mol. The van der Waals surface area contributed by atoms with Crippen LogP contribution in [0, 0.1) is 0 Å². The lowest BCUT2D eigenvalue weighted by Crippen LogP contribution is -2.33. The Morgan fingerprint density at radius 1 is 0.900 bits per heavy atom. The van der Waals surface area contributed by atoms with Gasteiger partial charge in [-0.2, -0.15) is 0 Å². The van der Waals surface area contributed by atoms with Crippen molar-refractivity contribution in [3.8, 4) is 0 Å². The molecule has 0 unspecified atom stereocenters. The van der Waals surface area contributed by atoms with E-state index in [0.717, 1.165) is 12.2 Å². The summed E-state index contributed by atoms with van der Waals surface area (Å²) in [6, 6.07) is 0. The van der Waals surface area contributed by atoms with Crippen LogP contribution in [0.2, 0.25) is 0 Å². The normalized spacial score (nSPS) is 30.0. The highest BCUT2D eigenvalue weighted by molar-refractivity contribution is 7.99. The summed E-state index contributed by atoms with van der Waals surface area (Å²) in [6.45, 7) is 1.99. The van der Waals surface area contributed by atoms with Gasteiger partial charge < -0.3 is 20.1 Å². The zero-order valence-corrected chi connectivity index (χ0v) is 13.4. The zero-order chi connectivity index (χ0) is 14.8. The van der Waals surface area contributed by atoms with Crippen LogP contribution in [0.15, 0.2) is 0 Å². The van der Waals surface area contributed by atoms with Gasteiger partial charge in [-0.3, -0.25) is 0 Å². The number of thioether (sulfide) groups is 1. The Labute approximate surface area is 126 Å². The number of unbranched alkanes of at least 4 members (excludes halogenated alkanes) is 7. The van der Waals surface area contributed by atoms with Crippen molar-refractivity contribution in [3.63, 3.8) is 0 Å². The van der Waals surface area contributed by atoms with Crippen LogP contribution >= 0.6 is 11.8 Å². The summed E-state index contributed by atoms with van der Waals surface area (Å²) < 4.78 is 5.42. The van der Waals surface area contributed by atoms with Crippen molar-refractivity contribution in [2.45, 2.75) is 82.0 Å². The molecule has 0 aromatic carbocycles. The summed E-state index contributed by atoms with van der Waals surface area (Å²) >= 11 is 1.54. The quantitative estimate of drug-likeness (QED) is 0.511. The smallest absolute Gasteiger partial charge is 0.132 e. The van der Waals surface area contributed by atoms with Gasteiger partial charge in [-0.25, -0.2) is 0 Å². The fourth-order valence-electron chi connectivity index (χ4n) is 2.44. The second-order valence-corrected chi connectivity index (χ2v) is 6.76. The number of rotatable bonds is 11. The van der Waals surface area contributed by atoms with Crippen molar-refractivity contribution in [2.24, 2.45) is 0 Å². The van der Waals surface area contributed by atoms with Gasteiger partial charge in [0.1, 0.15) is 23.7 Å². The molecule has 3 N–H and O–H groups in total. The standard InChI is InChI=1S/C15H30O4S/c1-2-3-4-5-6-7-8-9-10-20-15-14(18)13(17)12(11-16)19-15/h12-18H,2-11H2,1H3/t12-,13+,14+,15+/m1/s1. The highest BCUT2D eigenvalue weighted by atomic mass is 32.2. The van der Waals surface area contributed by atoms with E-state index in [2.05, 4.69) is 6.92 Å². The zero-order valence-electron chi connectivity index (χ0n) is 12.5. The molecule has 4 nitrogen and oxygen atoms in total. The van der Waals surface area contributed by atoms with Gasteiger partial charge in [0.05, 0.1) is 6.61 Å². The third-order valence-electron chi connectivity index (χ3n) is 3.78. The Balaban J connectivity index is 1.96. The molecule has 1 saturated heterocycles. The number of ether oxygens (including phenoxy) is 1. The molecule has 20 heavy (non-hydrogen) atoms. The van der Waals surface area contributed by atoms with Crippen LogP contribution in [0.25, 0.3) is 0 Å². The number of aliphatic hydroxyl groups excluding tert-OH is 3. The summed E-state index contributed by atoms with van der Waals surface area (Å²) in [5.74, 6) is 0.932. The van der Waals surface area contributed by atoms with Gasteiger partial charge in [-0.1, -0.05) is 51.9 Å². The van der Waals surface area contributed by atoms with Gasteiger partial charge in [-0.05, 0) is 12.2 Å². The molecule has 4 atom stereocenters. The fourth-order valence-corrected chi connectivity index (χ4v) is 3.62. The van der Waals surface area contributed by atoms with Crippen LogP contribution in [0.5, 0.6) is 0 Å². The van der Waals surface area contributed by atoms with Crippen molar-refractivity contribution < 1.29 is 20.1 Å². The average Bonchev–Trinajstić information content (AvgIpc) is 2.73. The van der Waals surface area contributed by atoms with E-state index in [0.29, 0.717) is 0 Å². The maximum absolute atomic E-state index is 9.78. The SMILES string of the molecule is CCCCCCCCCCS[C@@H]1O[C@H](CO)[C@H](O)[C@@H]1O. The highest BCUT2D eigenvalue weighted by Crippen LogP contribution is 2.29. The number of hydrogen-bond acceptors (Lipinski definition) is 5. The van der Waals surface area contributed by atoms with E-state index in [-0.39, 0.29) is 6.61 Å². The predicted octanol–water partition coefficient (Wildman–Crippen LogP) is 2.30. The lowest BCUT2D eigenvalue weighted by atomic mass is 10.1. The van der Waals surface area contributed by atoms with Crippen molar-refractivity contribution in [2.75, 3.05) is 12.4 Å². The Kier molecular flexibility index (Phi) is 9.90. The largest absolute Gasteiger partial charge is 0.394 e. The van der Waals surface area contributed by atoms with E-state index in [1.165, 1.54) is 44.9 Å². The Bertz CT molecular complexity index is 240. The molecule has 0 aliphatic carbocycles. The second kappa shape index (κ2) is 10.9. The van der Waals surface area contributed by atoms with Gasteiger partial charge >= 0.3 is 0 Å². The van der Waals surface area contributed by atoms with E-state index >= 15 is 0 Å². The van der Waals surface area contributed by atoms with Crippen LogP contribution < -0.4 is 0 Å². The minimum Gasteiger partial charge on any atom is -0.394 e. The van der Waals surface area contributed by atoms with Crippen molar-refractivity contribution in [1.82, 2.24) is 0 Å². The van der Waals surface area contributed by atoms with E-state index in [4.69, 9.17) is 9.84 Å². The van der Waals surface area contributed by atoms with Crippen LogP contribution in [-0.2, 0) is 4.74 Å². The predicted molar refractivity (Wildman–Crippen MR) is 82.8 cm³/mol. The van der Waals surface area contributed by atoms with Crippen molar-refractivity contribution in [3.05, 3.63) is 0 Å². The fraction of sp³-hybridized carbons (Fsp3) is 1.00. The maximum Gasteiger partial charge on any atom is 0.132 e. The van der Waals surface area contributed by atoms with Gasteiger partial charge in [0.15, 0.2) is 0 Å². The van der Waals surface area contributed by atoms with Crippen LogP contribution in [0.3, 0.4) is 0 Å². The molecule has 0 spiro atoms. The van der Waals surface area contributed by atoms with E-state index in [1.807, 2.05) is 0 Å². The monoisotopic (exact) mass is 306 g/mol. The lowest BCUT2D eigenvalue weighted by molar-refractivity contribution is -0.00808. The Hall–Kier alpha value is 0.190. The van der Waals surface area contributed by atoms with E-state index < -0.39 is 23.7 Å². The molecule has 1 rings (SSSR count). The molecule has 0 radical (unpaired) electrons. The summed E-state index contributed by atoms with van der Waals surface area (Å²) in [5, 5.41) is 28.4. The van der Waals surface area contributed by atoms with Crippen LogP contribution in [-0.4, -0.2) is 51.4 Å². The molecule has 0 aromatic heterocycles. The first-order chi connectivity index (χ1) is 9.70. The molecule has 5 heteroatoms. The van der Waals surface area contributed by atoms with Crippen molar-refractivity contribution >= 4 is 11.8 Å². The molecule has 120 valence electrons. The molecule has 0 amide bonds. The third-order valence-corrected chi connectivity index (χ3v) is 5.02. The van der Waals surface area contributed by atoms with Gasteiger partial charge in [0.25, 0.3) is 0 Å². The minimum atomic E-state index is -0.962. The molecule has 1 fully saturated rings. The first-order valence-corrected chi connectivity index (χ1v) is 8.99. The van der Waals surface area contributed by atoms with E-state index in [1.54, 1.807) is 11.8 Å². The third kappa shape index (κ3) is 6.31. The van der Waals surface area contributed by atoms with Gasteiger partial charge in [0, 0.05) is 0 Å². The molecule has 0 bridgehead atoms. The molecule has 1 heterocycles. The Morgan fingerprint density at radius 3 is 2.05 bits per heavy atom. The number of hydrogen-bond donors (Lipinski definition) is 3. The van der Waals surface area contributed by atoms with Crippen molar-refractivity contribution in [1.29, 1.82) is 0 Å². The lowest BCUT2D eigenvalue weighted by Gasteiger charge is -2.13. The van der Waals surface area contributed by atoms with Crippen LogP contribution in [0.4, 0.5) is 0 Å². The highest BCUT2D eigenvalue weighted by Gasteiger charge is 2.42. The summed E-state index contributed by atoms with van der Waals surface area (Å²) in [5.41, 5.74) is -0.397. The molecule has 0 saturated carbocycles. The number of aliphatic hydroxyl groups is 3. The molecule has 0 aromatic rings. The first kappa shape index (κ1) is 18.2. The topological polar surface area (TPSA) is 69.9 Å².